The molecule has 0 saturated heterocycles. The zero-order valence-corrected chi connectivity index (χ0v) is 12.9. The third-order valence-corrected chi connectivity index (χ3v) is 4.97. The standard InChI is InChI=1S/C14H16FN3S2/c1-2-13-17-14(20-18-13)19-12-6-3-9(7-11(12)15)8-16-10-4-5-10/h3,6-7,10,16H,2,4-5,8H2,1H3. The monoisotopic (exact) mass is 309 g/mol. The lowest BCUT2D eigenvalue weighted by molar-refractivity contribution is 0.595. The Hall–Kier alpha value is -0.980. The van der Waals surface area contributed by atoms with Gasteiger partial charge in [0.2, 0.25) is 0 Å². The van der Waals surface area contributed by atoms with Crippen molar-refractivity contribution in [1.82, 2.24) is 14.7 Å². The molecular formula is C14H16FN3S2. The normalized spacial score (nSPS) is 14.7. The number of aromatic nitrogens is 2. The number of benzene rings is 1. The average Bonchev–Trinajstić information content (AvgIpc) is 3.17. The zero-order chi connectivity index (χ0) is 13.9. The number of aryl methyl sites for hydroxylation is 1. The Morgan fingerprint density at radius 3 is 2.95 bits per heavy atom. The van der Waals surface area contributed by atoms with Gasteiger partial charge in [0.05, 0.1) is 4.90 Å². The van der Waals surface area contributed by atoms with Gasteiger partial charge in [-0.1, -0.05) is 24.8 Å². The molecule has 3 nitrogen and oxygen atoms in total. The highest BCUT2D eigenvalue weighted by Crippen LogP contribution is 2.31. The summed E-state index contributed by atoms with van der Waals surface area (Å²) in [7, 11) is 0. The van der Waals surface area contributed by atoms with Gasteiger partial charge in [0.15, 0.2) is 4.34 Å². The van der Waals surface area contributed by atoms with Crippen molar-refractivity contribution in [2.45, 2.75) is 48.0 Å². The van der Waals surface area contributed by atoms with Crippen LogP contribution >= 0.6 is 23.3 Å². The molecule has 0 aliphatic heterocycles. The van der Waals surface area contributed by atoms with Crippen LogP contribution < -0.4 is 5.32 Å². The quantitative estimate of drug-likeness (QED) is 0.884. The van der Waals surface area contributed by atoms with Gasteiger partial charge >= 0.3 is 0 Å². The smallest absolute Gasteiger partial charge is 0.174 e. The maximum Gasteiger partial charge on any atom is 0.174 e. The van der Waals surface area contributed by atoms with Gasteiger partial charge in [0.1, 0.15) is 11.6 Å². The van der Waals surface area contributed by atoms with Crippen LogP contribution in [0.25, 0.3) is 0 Å². The summed E-state index contributed by atoms with van der Waals surface area (Å²) in [6.07, 6.45) is 3.30. The molecule has 0 atom stereocenters. The topological polar surface area (TPSA) is 37.8 Å². The number of hydrogen-bond acceptors (Lipinski definition) is 5. The number of halogens is 1. The molecule has 106 valence electrons. The fourth-order valence-corrected chi connectivity index (χ4v) is 3.47. The molecule has 1 aliphatic carbocycles. The first-order valence-electron chi connectivity index (χ1n) is 6.77. The minimum Gasteiger partial charge on any atom is -0.310 e. The van der Waals surface area contributed by atoms with E-state index in [1.54, 1.807) is 6.07 Å². The summed E-state index contributed by atoms with van der Waals surface area (Å²) in [5.41, 5.74) is 0.991. The first kappa shape index (κ1) is 14.0. The first-order chi connectivity index (χ1) is 9.74. The Morgan fingerprint density at radius 2 is 2.30 bits per heavy atom. The molecule has 0 unspecified atom stereocenters. The van der Waals surface area contributed by atoms with E-state index in [1.807, 2.05) is 19.1 Å². The lowest BCUT2D eigenvalue weighted by atomic mass is 10.2. The fraction of sp³-hybridized carbons (Fsp3) is 0.429. The molecular weight excluding hydrogens is 293 g/mol. The van der Waals surface area contributed by atoms with Crippen molar-refractivity contribution in [1.29, 1.82) is 0 Å². The van der Waals surface area contributed by atoms with E-state index >= 15 is 0 Å². The van der Waals surface area contributed by atoms with Gasteiger partial charge in [-0.2, -0.15) is 4.37 Å². The van der Waals surface area contributed by atoms with Crippen molar-refractivity contribution in [3.05, 3.63) is 35.4 Å². The summed E-state index contributed by atoms with van der Waals surface area (Å²) in [4.78, 5) is 4.96. The zero-order valence-electron chi connectivity index (χ0n) is 11.2. The van der Waals surface area contributed by atoms with Crippen LogP contribution in [0.5, 0.6) is 0 Å². The van der Waals surface area contributed by atoms with Crippen LogP contribution in [0.1, 0.15) is 31.2 Å². The fourth-order valence-electron chi connectivity index (χ4n) is 1.80. The number of hydrogen-bond donors (Lipinski definition) is 1. The molecule has 0 amide bonds. The Balaban J connectivity index is 1.66. The molecule has 0 radical (unpaired) electrons. The predicted molar refractivity (Wildman–Crippen MR) is 79.7 cm³/mol. The largest absolute Gasteiger partial charge is 0.310 e. The van der Waals surface area contributed by atoms with Crippen LogP contribution in [0.2, 0.25) is 0 Å². The maximum absolute atomic E-state index is 14.1. The molecule has 1 aliphatic rings. The van der Waals surface area contributed by atoms with Crippen LogP contribution in [0.3, 0.4) is 0 Å². The van der Waals surface area contributed by atoms with Crippen molar-refractivity contribution in [2.75, 3.05) is 0 Å². The van der Waals surface area contributed by atoms with Gasteiger partial charge in [-0.3, -0.25) is 0 Å². The summed E-state index contributed by atoms with van der Waals surface area (Å²) in [5, 5.41) is 3.39. The number of nitrogens with zero attached hydrogens (tertiary/aromatic N) is 2. The minimum atomic E-state index is -0.182. The maximum atomic E-state index is 14.1. The molecule has 1 heterocycles. The Labute approximate surface area is 126 Å². The first-order valence-corrected chi connectivity index (χ1v) is 8.36. The van der Waals surface area contributed by atoms with Gasteiger partial charge in [-0.25, -0.2) is 9.37 Å². The van der Waals surface area contributed by atoms with E-state index in [2.05, 4.69) is 14.7 Å². The highest BCUT2D eigenvalue weighted by atomic mass is 32.2. The molecule has 1 fully saturated rings. The lowest BCUT2D eigenvalue weighted by Crippen LogP contribution is -2.15. The van der Waals surface area contributed by atoms with E-state index in [0.717, 1.165) is 28.7 Å². The molecule has 3 rings (SSSR count). The molecule has 1 N–H and O–H groups in total. The minimum absolute atomic E-state index is 0.182. The van der Waals surface area contributed by atoms with Crippen molar-refractivity contribution >= 4 is 23.3 Å². The van der Waals surface area contributed by atoms with Gasteiger partial charge in [-0.15, -0.1) is 0 Å². The third-order valence-electron chi connectivity index (χ3n) is 3.13. The molecule has 6 heteroatoms. The van der Waals surface area contributed by atoms with E-state index < -0.39 is 0 Å². The molecule has 1 aromatic carbocycles. The molecule has 0 bridgehead atoms. The summed E-state index contributed by atoms with van der Waals surface area (Å²) in [6.45, 7) is 2.75. The van der Waals surface area contributed by atoms with Gasteiger partial charge in [0, 0.05) is 19.0 Å². The van der Waals surface area contributed by atoms with E-state index in [0.29, 0.717) is 10.9 Å². The Bertz CT molecular complexity index is 596. The van der Waals surface area contributed by atoms with Crippen LogP contribution in [0.15, 0.2) is 27.4 Å². The SMILES string of the molecule is CCc1nsc(Sc2ccc(CNC3CC3)cc2F)n1. The Kier molecular flexibility index (Phi) is 4.33. The van der Waals surface area contributed by atoms with E-state index in [4.69, 9.17) is 0 Å². The number of nitrogens with one attached hydrogen (secondary N) is 1. The summed E-state index contributed by atoms with van der Waals surface area (Å²) in [5.74, 6) is 0.640. The Morgan fingerprint density at radius 1 is 1.45 bits per heavy atom. The molecule has 1 aromatic heterocycles. The van der Waals surface area contributed by atoms with E-state index in [-0.39, 0.29) is 5.82 Å². The van der Waals surface area contributed by atoms with Gasteiger partial charge in [-0.05, 0) is 42.1 Å². The number of rotatable bonds is 6. The highest BCUT2D eigenvalue weighted by molar-refractivity contribution is 8.01. The molecule has 20 heavy (non-hydrogen) atoms. The average molecular weight is 309 g/mol. The second-order valence-corrected chi connectivity index (χ2v) is 6.89. The van der Waals surface area contributed by atoms with Crippen molar-refractivity contribution in [2.24, 2.45) is 0 Å². The van der Waals surface area contributed by atoms with E-state index in [9.17, 15) is 4.39 Å². The molecule has 2 aromatic rings. The predicted octanol–water partition coefficient (Wildman–Crippen LogP) is 3.64. The van der Waals surface area contributed by atoms with Crippen molar-refractivity contribution in [3.8, 4) is 0 Å². The summed E-state index contributed by atoms with van der Waals surface area (Å²) >= 11 is 2.67. The summed E-state index contributed by atoms with van der Waals surface area (Å²) in [6, 6.07) is 6.06. The van der Waals surface area contributed by atoms with Crippen LogP contribution in [0, 0.1) is 5.82 Å². The van der Waals surface area contributed by atoms with Crippen LogP contribution in [-0.4, -0.2) is 15.4 Å². The highest BCUT2D eigenvalue weighted by Gasteiger charge is 2.20. The second-order valence-electron chi connectivity index (χ2n) is 4.85. The van der Waals surface area contributed by atoms with Crippen molar-refractivity contribution < 1.29 is 4.39 Å². The molecule has 0 spiro atoms. The van der Waals surface area contributed by atoms with Crippen molar-refractivity contribution in [3.63, 3.8) is 0 Å². The molecule has 1 saturated carbocycles. The van der Waals surface area contributed by atoms with Gasteiger partial charge in [0.25, 0.3) is 0 Å². The second kappa shape index (κ2) is 6.20. The lowest BCUT2D eigenvalue weighted by Gasteiger charge is -2.05. The van der Waals surface area contributed by atoms with Gasteiger partial charge < -0.3 is 5.32 Å². The van der Waals surface area contributed by atoms with Crippen LogP contribution in [-0.2, 0) is 13.0 Å². The summed E-state index contributed by atoms with van der Waals surface area (Å²) < 4.78 is 19.1. The van der Waals surface area contributed by atoms with Crippen LogP contribution in [0.4, 0.5) is 4.39 Å². The third kappa shape index (κ3) is 3.56. The van der Waals surface area contributed by atoms with E-state index in [1.165, 1.54) is 36.1 Å².